The van der Waals surface area contributed by atoms with Crippen molar-refractivity contribution in [3.63, 3.8) is 0 Å². The lowest BCUT2D eigenvalue weighted by atomic mass is 9.87. The minimum atomic E-state index is -0.288. The summed E-state index contributed by atoms with van der Waals surface area (Å²) in [5, 5.41) is 0. The predicted octanol–water partition coefficient (Wildman–Crippen LogP) is 0.409. The zero-order valence-electron chi connectivity index (χ0n) is 9.53. The van der Waals surface area contributed by atoms with Gasteiger partial charge in [-0.1, -0.05) is 13.8 Å². The molecule has 1 fully saturated rings. The van der Waals surface area contributed by atoms with Crippen LogP contribution in [-0.4, -0.2) is 36.2 Å². The third kappa shape index (κ3) is 3.63. The molecular formula is C11H20N2O2. The van der Waals surface area contributed by atoms with Crippen molar-refractivity contribution in [3.05, 3.63) is 0 Å². The average Bonchev–Trinajstić information content (AvgIpc) is 2.17. The Morgan fingerprint density at radius 1 is 1.33 bits per heavy atom. The Balaban J connectivity index is 2.35. The summed E-state index contributed by atoms with van der Waals surface area (Å²) in [4.78, 5) is 24.4. The summed E-state index contributed by atoms with van der Waals surface area (Å²) in [6.07, 6.45) is 1.73. The number of nitrogens with zero attached hydrogens (tertiary/aromatic N) is 1. The van der Waals surface area contributed by atoms with E-state index in [-0.39, 0.29) is 17.7 Å². The number of carbonyl (C=O) groups is 2. The Bertz CT molecular complexity index is 243. The molecule has 1 aliphatic rings. The van der Waals surface area contributed by atoms with Crippen LogP contribution in [0.25, 0.3) is 0 Å². The third-order valence-corrected chi connectivity index (χ3v) is 2.94. The van der Waals surface area contributed by atoms with Crippen LogP contribution in [0.4, 0.5) is 0 Å². The van der Waals surface area contributed by atoms with Crippen LogP contribution in [0.15, 0.2) is 0 Å². The summed E-state index contributed by atoms with van der Waals surface area (Å²) in [7, 11) is 0. The fourth-order valence-corrected chi connectivity index (χ4v) is 2.07. The van der Waals surface area contributed by atoms with E-state index in [4.69, 9.17) is 5.73 Å². The van der Waals surface area contributed by atoms with Gasteiger partial charge in [-0.2, -0.15) is 0 Å². The van der Waals surface area contributed by atoms with Crippen molar-refractivity contribution in [2.75, 3.05) is 19.6 Å². The Morgan fingerprint density at radius 2 is 1.87 bits per heavy atom. The minimum Gasteiger partial charge on any atom is -0.369 e. The van der Waals surface area contributed by atoms with Gasteiger partial charge in [0.15, 0.2) is 0 Å². The average molecular weight is 212 g/mol. The molecule has 1 aliphatic heterocycles. The monoisotopic (exact) mass is 212 g/mol. The summed E-state index contributed by atoms with van der Waals surface area (Å²) < 4.78 is 0. The zero-order chi connectivity index (χ0) is 11.4. The molecule has 0 bridgehead atoms. The van der Waals surface area contributed by atoms with Crippen molar-refractivity contribution < 1.29 is 9.59 Å². The van der Waals surface area contributed by atoms with Gasteiger partial charge >= 0.3 is 0 Å². The van der Waals surface area contributed by atoms with Gasteiger partial charge in [0.1, 0.15) is 5.78 Å². The van der Waals surface area contributed by atoms with E-state index in [1.54, 1.807) is 0 Å². The largest absolute Gasteiger partial charge is 0.369 e. The number of nitrogens with two attached hydrogens (primary N) is 1. The second-order valence-electron chi connectivity index (χ2n) is 4.57. The molecule has 1 heterocycles. The van der Waals surface area contributed by atoms with Gasteiger partial charge in [0.25, 0.3) is 0 Å². The SMILES string of the molecule is CC(C)C(=O)C1CCN(CC(N)=O)CC1. The highest BCUT2D eigenvalue weighted by molar-refractivity contribution is 5.83. The van der Waals surface area contributed by atoms with E-state index in [0.717, 1.165) is 25.9 Å². The van der Waals surface area contributed by atoms with E-state index in [2.05, 4.69) is 0 Å². The Labute approximate surface area is 90.8 Å². The first-order chi connectivity index (χ1) is 7.00. The fourth-order valence-electron chi connectivity index (χ4n) is 2.07. The van der Waals surface area contributed by atoms with Gasteiger partial charge in [0.05, 0.1) is 6.54 Å². The fraction of sp³-hybridized carbons (Fsp3) is 0.818. The number of carbonyl (C=O) groups excluding carboxylic acids is 2. The molecule has 0 aliphatic carbocycles. The number of amides is 1. The van der Waals surface area contributed by atoms with Crippen LogP contribution in [0.2, 0.25) is 0 Å². The molecule has 1 rings (SSSR count). The van der Waals surface area contributed by atoms with Crippen molar-refractivity contribution in [2.24, 2.45) is 17.6 Å². The van der Waals surface area contributed by atoms with Crippen LogP contribution in [-0.2, 0) is 9.59 Å². The second kappa shape index (κ2) is 5.26. The first-order valence-corrected chi connectivity index (χ1v) is 5.55. The highest BCUT2D eigenvalue weighted by Gasteiger charge is 2.26. The molecule has 15 heavy (non-hydrogen) atoms. The number of primary amides is 1. The lowest BCUT2D eigenvalue weighted by molar-refractivity contribution is -0.127. The molecule has 4 heteroatoms. The van der Waals surface area contributed by atoms with Crippen LogP contribution < -0.4 is 5.73 Å². The predicted molar refractivity (Wildman–Crippen MR) is 58.2 cm³/mol. The quantitative estimate of drug-likeness (QED) is 0.734. The molecule has 0 atom stereocenters. The summed E-state index contributed by atoms with van der Waals surface area (Å²) in [6.45, 7) is 5.83. The summed E-state index contributed by atoms with van der Waals surface area (Å²) in [6, 6.07) is 0. The van der Waals surface area contributed by atoms with Gasteiger partial charge in [-0.15, -0.1) is 0 Å². The molecule has 0 aromatic heterocycles. The van der Waals surface area contributed by atoms with E-state index in [0.29, 0.717) is 12.3 Å². The maximum absolute atomic E-state index is 11.7. The zero-order valence-corrected chi connectivity index (χ0v) is 9.53. The highest BCUT2D eigenvalue weighted by atomic mass is 16.1. The summed E-state index contributed by atoms with van der Waals surface area (Å²) >= 11 is 0. The number of Topliss-reactive ketones (excluding diaryl/α,β-unsaturated/α-hetero) is 1. The number of piperidine rings is 1. The van der Waals surface area contributed by atoms with Crippen molar-refractivity contribution in [3.8, 4) is 0 Å². The topological polar surface area (TPSA) is 63.4 Å². The normalized spacial score (nSPS) is 19.4. The first kappa shape index (κ1) is 12.2. The first-order valence-electron chi connectivity index (χ1n) is 5.55. The number of ketones is 1. The van der Waals surface area contributed by atoms with Crippen molar-refractivity contribution in [1.82, 2.24) is 4.90 Å². The lowest BCUT2D eigenvalue weighted by Gasteiger charge is -2.30. The van der Waals surface area contributed by atoms with E-state index >= 15 is 0 Å². The Kier molecular flexibility index (Phi) is 4.27. The van der Waals surface area contributed by atoms with Crippen molar-refractivity contribution in [1.29, 1.82) is 0 Å². The van der Waals surface area contributed by atoms with Gasteiger partial charge in [-0.05, 0) is 25.9 Å². The van der Waals surface area contributed by atoms with E-state index in [1.165, 1.54) is 0 Å². The van der Waals surface area contributed by atoms with Gasteiger partial charge < -0.3 is 5.73 Å². The van der Waals surface area contributed by atoms with E-state index < -0.39 is 0 Å². The van der Waals surface area contributed by atoms with Crippen molar-refractivity contribution >= 4 is 11.7 Å². The van der Waals surface area contributed by atoms with Crippen LogP contribution in [0.1, 0.15) is 26.7 Å². The lowest BCUT2D eigenvalue weighted by Crippen LogP contribution is -2.41. The minimum absolute atomic E-state index is 0.123. The van der Waals surface area contributed by atoms with Gasteiger partial charge in [0.2, 0.25) is 5.91 Å². The molecule has 0 saturated carbocycles. The number of hydrogen-bond donors (Lipinski definition) is 1. The molecule has 0 unspecified atom stereocenters. The van der Waals surface area contributed by atoms with E-state index in [1.807, 2.05) is 18.7 Å². The van der Waals surface area contributed by atoms with Crippen LogP contribution in [0.5, 0.6) is 0 Å². The van der Waals surface area contributed by atoms with Crippen LogP contribution >= 0.6 is 0 Å². The van der Waals surface area contributed by atoms with Crippen LogP contribution in [0, 0.1) is 11.8 Å². The van der Waals surface area contributed by atoms with Crippen LogP contribution in [0.3, 0.4) is 0 Å². The van der Waals surface area contributed by atoms with Gasteiger partial charge in [0, 0.05) is 11.8 Å². The van der Waals surface area contributed by atoms with Gasteiger partial charge in [-0.25, -0.2) is 0 Å². The second-order valence-corrected chi connectivity index (χ2v) is 4.57. The smallest absolute Gasteiger partial charge is 0.231 e. The maximum atomic E-state index is 11.7. The molecule has 86 valence electrons. The molecule has 1 amide bonds. The maximum Gasteiger partial charge on any atom is 0.231 e. The molecule has 0 aromatic rings. The van der Waals surface area contributed by atoms with Gasteiger partial charge in [-0.3, -0.25) is 14.5 Å². The standard InChI is InChI=1S/C11H20N2O2/c1-8(2)11(15)9-3-5-13(6-4-9)7-10(12)14/h8-9H,3-7H2,1-2H3,(H2,12,14). The molecule has 4 nitrogen and oxygen atoms in total. The summed E-state index contributed by atoms with van der Waals surface area (Å²) in [5.41, 5.74) is 5.12. The molecule has 2 N–H and O–H groups in total. The molecular weight excluding hydrogens is 192 g/mol. The third-order valence-electron chi connectivity index (χ3n) is 2.94. The Morgan fingerprint density at radius 3 is 2.27 bits per heavy atom. The van der Waals surface area contributed by atoms with E-state index in [9.17, 15) is 9.59 Å². The number of likely N-dealkylation sites (tertiary alicyclic amines) is 1. The molecule has 0 spiro atoms. The number of rotatable bonds is 4. The number of hydrogen-bond acceptors (Lipinski definition) is 3. The Hall–Kier alpha value is -0.900. The molecule has 0 aromatic carbocycles. The highest BCUT2D eigenvalue weighted by Crippen LogP contribution is 2.20. The summed E-state index contributed by atoms with van der Waals surface area (Å²) in [5.74, 6) is 0.379. The molecule has 1 saturated heterocycles. The van der Waals surface area contributed by atoms with Crippen molar-refractivity contribution in [2.45, 2.75) is 26.7 Å². The molecule has 0 radical (unpaired) electrons.